The summed E-state index contributed by atoms with van der Waals surface area (Å²) in [6, 6.07) is 0. The second kappa shape index (κ2) is 71.0. The lowest BCUT2D eigenvalue weighted by molar-refractivity contribution is -0.161. The summed E-state index contributed by atoms with van der Waals surface area (Å²) < 4.78 is 33.2. The van der Waals surface area contributed by atoms with Crippen molar-refractivity contribution in [3.05, 3.63) is 146 Å². The second-order valence-corrected chi connectivity index (χ2v) is 24.4. The van der Waals surface area contributed by atoms with Gasteiger partial charge >= 0.3 is 19.8 Å². The molecule has 0 saturated heterocycles. The number of carbonyl (C=O) groups excluding carboxylic acids is 2. The third-order valence-electron chi connectivity index (χ3n) is 14.7. The molecule has 0 radical (unpaired) electrons. The van der Waals surface area contributed by atoms with Crippen LogP contribution in [0.15, 0.2) is 146 Å². The number of phosphoric ester groups is 1. The van der Waals surface area contributed by atoms with Crippen LogP contribution in [0.4, 0.5) is 0 Å². The van der Waals surface area contributed by atoms with Crippen LogP contribution in [0, 0.1) is 0 Å². The van der Waals surface area contributed by atoms with Gasteiger partial charge in [0, 0.05) is 19.4 Å². The molecule has 87 heavy (non-hydrogen) atoms. The molecular formula is C77H130NO8P. The van der Waals surface area contributed by atoms with E-state index < -0.39 is 26.5 Å². The van der Waals surface area contributed by atoms with E-state index in [1.807, 2.05) is 0 Å². The molecule has 0 spiro atoms. The zero-order valence-electron chi connectivity index (χ0n) is 55.7. The molecule has 9 nitrogen and oxygen atoms in total. The zero-order valence-corrected chi connectivity index (χ0v) is 56.6. The molecule has 0 bridgehead atoms. The highest BCUT2D eigenvalue weighted by molar-refractivity contribution is 7.47. The molecule has 0 aromatic rings. The molecule has 0 aliphatic carbocycles. The van der Waals surface area contributed by atoms with Crippen LogP contribution < -0.4 is 5.73 Å². The van der Waals surface area contributed by atoms with E-state index in [0.717, 1.165) is 116 Å². The Hall–Kier alpha value is -4.11. The van der Waals surface area contributed by atoms with Gasteiger partial charge in [-0.25, -0.2) is 4.57 Å². The molecule has 2 unspecified atom stereocenters. The lowest BCUT2D eigenvalue weighted by atomic mass is 10.0. The van der Waals surface area contributed by atoms with Crippen molar-refractivity contribution in [1.82, 2.24) is 0 Å². The molecular weight excluding hydrogens is 1100 g/mol. The Morgan fingerprint density at radius 2 is 0.598 bits per heavy atom. The molecule has 0 fully saturated rings. The Balaban J connectivity index is 3.90. The molecule has 0 aliphatic rings. The third-order valence-corrected chi connectivity index (χ3v) is 15.7. The summed E-state index contributed by atoms with van der Waals surface area (Å²) in [7, 11) is -4.40. The summed E-state index contributed by atoms with van der Waals surface area (Å²) in [6.45, 7) is 3.53. The van der Waals surface area contributed by atoms with Gasteiger partial charge in [0.15, 0.2) is 6.10 Å². The Labute approximate surface area is 535 Å². The van der Waals surface area contributed by atoms with Crippen molar-refractivity contribution in [2.45, 2.75) is 302 Å². The molecule has 0 heterocycles. The normalized spacial score (nSPS) is 13.8. The number of carbonyl (C=O) groups is 2. The van der Waals surface area contributed by atoms with Crippen molar-refractivity contribution in [3.8, 4) is 0 Å². The zero-order chi connectivity index (χ0) is 63.0. The smallest absolute Gasteiger partial charge is 0.462 e. The Morgan fingerprint density at radius 3 is 0.885 bits per heavy atom. The van der Waals surface area contributed by atoms with Crippen molar-refractivity contribution in [2.75, 3.05) is 26.4 Å². The van der Waals surface area contributed by atoms with Gasteiger partial charge in [0.25, 0.3) is 0 Å². The molecule has 10 heteroatoms. The molecule has 0 amide bonds. The number of allylic oxidation sites excluding steroid dienone is 24. The maximum absolute atomic E-state index is 12.8. The third kappa shape index (κ3) is 70.8. The average molecular weight is 1230 g/mol. The lowest BCUT2D eigenvalue weighted by Crippen LogP contribution is -2.29. The first-order chi connectivity index (χ1) is 42.8. The second-order valence-electron chi connectivity index (χ2n) is 23.0. The average Bonchev–Trinajstić information content (AvgIpc) is 3.65. The van der Waals surface area contributed by atoms with Crippen molar-refractivity contribution < 1.29 is 37.6 Å². The minimum Gasteiger partial charge on any atom is -0.462 e. The number of hydrogen-bond donors (Lipinski definition) is 2. The summed E-state index contributed by atoms with van der Waals surface area (Å²) in [5.41, 5.74) is 5.40. The van der Waals surface area contributed by atoms with Crippen molar-refractivity contribution >= 4 is 19.8 Å². The summed E-state index contributed by atoms with van der Waals surface area (Å²) in [5, 5.41) is 0. The van der Waals surface area contributed by atoms with Gasteiger partial charge in [-0.1, -0.05) is 314 Å². The van der Waals surface area contributed by atoms with Gasteiger partial charge in [0.05, 0.1) is 13.2 Å². The highest BCUT2D eigenvalue weighted by Crippen LogP contribution is 2.43. The number of nitrogens with two attached hydrogens (primary N) is 1. The highest BCUT2D eigenvalue weighted by Gasteiger charge is 2.26. The monoisotopic (exact) mass is 1230 g/mol. The SMILES string of the molecule is CC/C=C\C/C=C\C/C=C\C/C=C\C/C=C\C/C=C\C/C=C\CCCCCCCCCCCCCCCCCC(=O)OC(COC(=O)CCCCCCCCCCCCCCC/C=C\C/C=C\C/C=C\C/C=C\C/C=C\CC)COP(=O)(O)OCCN. The first kappa shape index (κ1) is 82.9. The van der Waals surface area contributed by atoms with E-state index in [2.05, 4.69) is 160 Å². The van der Waals surface area contributed by atoms with Gasteiger partial charge in [-0.15, -0.1) is 0 Å². The van der Waals surface area contributed by atoms with E-state index >= 15 is 0 Å². The topological polar surface area (TPSA) is 134 Å². The number of esters is 2. The summed E-state index contributed by atoms with van der Waals surface area (Å²) >= 11 is 0. The van der Waals surface area contributed by atoms with E-state index in [9.17, 15) is 19.0 Å². The first-order valence-corrected chi connectivity index (χ1v) is 36.8. The molecule has 0 aromatic heterocycles. The summed E-state index contributed by atoms with van der Waals surface area (Å²) in [5.74, 6) is -0.828. The van der Waals surface area contributed by atoms with E-state index in [1.54, 1.807) is 0 Å². The van der Waals surface area contributed by atoms with Crippen LogP contribution in [0.5, 0.6) is 0 Å². The van der Waals surface area contributed by atoms with Gasteiger partial charge in [-0.05, 0) is 116 Å². The molecule has 496 valence electrons. The predicted octanol–water partition coefficient (Wildman–Crippen LogP) is 23.4. The fraction of sp³-hybridized carbons (Fsp3) is 0.662. The maximum atomic E-state index is 12.8. The molecule has 0 aromatic carbocycles. The lowest BCUT2D eigenvalue weighted by Gasteiger charge is -2.19. The van der Waals surface area contributed by atoms with E-state index in [4.69, 9.17) is 24.3 Å². The first-order valence-electron chi connectivity index (χ1n) is 35.3. The Kier molecular flexibility index (Phi) is 67.6. The number of hydrogen-bond acceptors (Lipinski definition) is 8. The van der Waals surface area contributed by atoms with Gasteiger partial charge in [-0.2, -0.15) is 0 Å². The van der Waals surface area contributed by atoms with Gasteiger partial charge in [0.2, 0.25) is 0 Å². The minimum atomic E-state index is -4.40. The Bertz CT molecular complexity index is 1940. The van der Waals surface area contributed by atoms with Crippen LogP contribution >= 0.6 is 7.82 Å². The molecule has 2 atom stereocenters. The van der Waals surface area contributed by atoms with Crippen LogP contribution in [-0.4, -0.2) is 49.3 Å². The van der Waals surface area contributed by atoms with Gasteiger partial charge in [0.1, 0.15) is 6.61 Å². The van der Waals surface area contributed by atoms with Gasteiger partial charge in [-0.3, -0.25) is 18.6 Å². The van der Waals surface area contributed by atoms with E-state index in [1.165, 1.54) is 148 Å². The van der Waals surface area contributed by atoms with E-state index in [-0.39, 0.29) is 38.6 Å². The molecule has 3 N–H and O–H groups in total. The summed E-state index contributed by atoms with van der Waals surface area (Å²) in [4.78, 5) is 35.4. The Morgan fingerprint density at radius 1 is 0.345 bits per heavy atom. The van der Waals surface area contributed by atoms with Crippen molar-refractivity contribution in [3.63, 3.8) is 0 Å². The van der Waals surface area contributed by atoms with Crippen LogP contribution in [0.2, 0.25) is 0 Å². The van der Waals surface area contributed by atoms with Crippen LogP contribution in [0.25, 0.3) is 0 Å². The highest BCUT2D eigenvalue weighted by atomic mass is 31.2. The quantitative estimate of drug-likeness (QED) is 0.0264. The number of unbranched alkanes of at least 4 members (excludes halogenated alkanes) is 28. The number of rotatable bonds is 65. The predicted molar refractivity (Wildman–Crippen MR) is 376 cm³/mol. The molecule has 0 aliphatic heterocycles. The summed E-state index contributed by atoms with van der Waals surface area (Å²) in [6.07, 6.45) is 102. The minimum absolute atomic E-state index is 0.0482. The van der Waals surface area contributed by atoms with Crippen molar-refractivity contribution in [1.29, 1.82) is 0 Å². The van der Waals surface area contributed by atoms with Crippen LogP contribution in [0.1, 0.15) is 296 Å². The fourth-order valence-electron chi connectivity index (χ4n) is 9.59. The van der Waals surface area contributed by atoms with Crippen LogP contribution in [-0.2, 0) is 32.7 Å². The molecule has 0 saturated carbocycles. The standard InChI is InChI=1S/C77H130NO8P/c1-3-5-7-9-11-13-15-17-19-21-23-25-27-29-31-33-34-35-36-37-38-39-40-42-44-46-48-50-52-54-56-58-60-62-64-66-68-70-77(80)86-75(74-85-87(81,82)84-72-71-78)73-83-76(79)69-67-65-63-61-59-57-55-53-51-49-47-45-43-41-32-30-28-26-24-22-20-18-16-14-12-10-8-6-4-2/h5-8,11-14,17-20,23-26,29-32,34-35,37-38,75H,3-4,9-10,15-16,21-22,27-28,33,36,39-74,78H2,1-2H3,(H,81,82)/b7-5-,8-6-,13-11-,14-12-,19-17-,20-18-,25-23-,26-24-,31-29-,32-30-,35-34-,38-37-. The van der Waals surface area contributed by atoms with Crippen LogP contribution in [0.3, 0.4) is 0 Å². The maximum Gasteiger partial charge on any atom is 0.472 e. The molecule has 0 rings (SSSR count). The number of phosphoric acid groups is 1. The van der Waals surface area contributed by atoms with Gasteiger partial charge < -0.3 is 20.1 Å². The largest absolute Gasteiger partial charge is 0.472 e. The van der Waals surface area contributed by atoms with Crippen molar-refractivity contribution in [2.24, 2.45) is 5.73 Å². The number of ether oxygens (including phenoxy) is 2. The van der Waals surface area contributed by atoms with E-state index in [0.29, 0.717) is 6.42 Å². The fourth-order valence-corrected chi connectivity index (χ4v) is 10.4.